The Labute approximate surface area is 108 Å². The zero-order chi connectivity index (χ0) is 13.3. The number of hydrogen-bond donors (Lipinski definition) is 2. The van der Waals surface area contributed by atoms with Crippen molar-refractivity contribution in [3.63, 3.8) is 0 Å². The molecule has 0 saturated carbocycles. The summed E-state index contributed by atoms with van der Waals surface area (Å²) >= 11 is 0. The van der Waals surface area contributed by atoms with E-state index in [0.717, 1.165) is 26.2 Å². The molecule has 0 aliphatic rings. The fourth-order valence-electron chi connectivity index (χ4n) is 2.31. The predicted octanol–water partition coefficient (Wildman–Crippen LogP) is 2.11. The van der Waals surface area contributed by atoms with Crippen molar-refractivity contribution < 1.29 is 5.11 Å². The molecular formula is C14H32N2O. The maximum atomic E-state index is 9.06. The van der Waals surface area contributed by atoms with Gasteiger partial charge in [-0.1, -0.05) is 41.0 Å². The van der Waals surface area contributed by atoms with E-state index in [1.54, 1.807) is 0 Å². The lowest BCUT2D eigenvalue weighted by Crippen LogP contribution is -2.44. The van der Waals surface area contributed by atoms with E-state index in [-0.39, 0.29) is 6.61 Å². The molecule has 0 spiro atoms. The molecule has 0 aliphatic heterocycles. The van der Waals surface area contributed by atoms with Crippen LogP contribution in [0.4, 0.5) is 0 Å². The first kappa shape index (κ1) is 16.9. The number of likely N-dealkylation sites (N-methyl/N-ethyl adjacent to an activating group) is 1. The van der Waals surface area contributed by atoms with Gasteiger partial charge in [-0.25, -0.2) is 0 Å². The van der Waals surface area contributed by atoms with Crippen molar-refractivity contribution >= 4 is 0 Å². The number of hydrogen-bond acceptors (Lipinski definition) is 3. The van der Waals surface area contributed by atoms with Gasteiger partial charge in [0, 0.05) is 25.7 Å². The fraction of sp³-hybridized carbons (Fsp3) is 1.00. The van der Waals surface area contributed by atoms with Crippen molar-refractivity contribution in [2.24, 2.45) is 5.41 Å². The molecule has 0 rings (SSSR count). The maximum Gasteiger partial charge on any atom is 0.0558 e. The second-order valence-corrected chi connectivity index (χ2v) is 5.69. The summed E-state index contributed by atoms with van der Waals surface area (Å²) in [6, 6.07) is 0.541. The van der Waals surface area contributed by atoms with Crippen LogP contribution >= 0.6 is 0 Å². The van der Waals surface area contributed by atoms with Crippen LogP contribution in [0.1, 0.15) is 47.5 Å². The van der Waals surface area contributed by atoms with Gasteiger partial charge in [0.25, 0.3) is 0 Å². The third kappa shape index (κ3) is 7.74. The molecule has 104 valence electrons. The Morgan fingerprint density at radius 1 is 1.29 bits per heavy atom. The van der Waals surface area contributed by atoms with Gasteiger partial charge in [-0.15, -0.1) is 0 Å². The van der Waals surface area contributed by atoms with Crippen LogP contribution in [-0.2, 0) is 0 Å². The van der Waals surface area contributed by atoms with Gasteiger partial charge in [-0.3, -0.25) is 0 Å². The monoisotopic (exact) mass is 244 g/mol. The molecule has 0 bridgehead atoms. The molecule has 2 N–H and O–H groups in total. The molecule has 3 heteroatoms. The standard InChI is InChI=1S/C14H32N2O/c1-6-8-14(5,11-15-13(3)4)12-16(7-2)9-10-17/h13,15,17H,6-12H2,1-5H3. The summed E-state index contributed by atoms with van der Waals surface area (Å²) in [6.07, 6.45) is 2.45. The number of rotatable bonds is 10. The number of nitrogens with one attached hydrogen (secondary N) is 1. The van der Waals surface area contributed by atoms with Gasteiger partial charge in [-0.05, 0) is 18.4 Å². The Morgan fingerprint density at radius 2 is 1.94 bits per heavy atom. The molecule has 1 atom stereocenters. The van der Waals surface area contributed by atoms with Gasteiger partial charge >= 0.3 is 0 Å². The van der Waals surface area contributed by atoms with Gasteiger partial charge in [0.2, 0.25) is 0 Å². The second-order valence-electron chi connectivity index (χ2n) is 5.69. The number of aliphatic hydroxyl groups excluding tert-OH is 1. The van der Waals surface area contributed by atoms with E-state index in [0.29, 0.717) is 11.5 Å². The molecule has 0 radical (unpaired) electrons. The largest absolute Gasteiger partial charge is 0.395 e. The molecule has 0 amide bonds. The van der Waals surface area contributed by atoms with Crippen LogP contribution in [0.3, 0.4) is 0 Å². The normalized spacial score (nSPS) is 15.5. The quantitative estimate of drug-likeness (QED) is 0.618. The Bertz CT molecular complexity index is 185. The van der Waals surface area contributed by atoms with Gasteiger partial charge in [0.15, 0.2) is 0 Å². The van der Waals surface area contributed by atoms with E-state index in [4.69, 9.17) is 5.11 Å². The van der Waals surface area contributed by atoms with E-state index in [1.807, 2.05) is 0 Å². The lowest BCUT2D eigenvalue weighted by atomic mass is 9.84. The lowest BCUT2D eigenvalue weighted by Gasteiger charge is -2.36. The summed E-state index contributed by atoms with van der Waals surface area (Å²) < 4.78 is 0. The first-order valence-corrected chi connectivity index (χ1v) is 7.04. The third-order valence-corrected chi connectivity index (χ3v) is 3.26. The van der Waals surface area contributed by atoms with E-state index >= 15 is 0 Å². The van der Waals surface area contributed by atoms with Crippen molar-refractivity contribution in [1.29, 1.82) is 0 Å². The number of aliphatic hydroxyl groups is 1. The molecule has 17 heavy (non-hydrogen) atoms. The van der Waals surface area contributed by atoms with E-state index in [2.05, 4.69) is 44.8 Å². The van der Waals surface area contributed by atoms with Crippen LogP contribution in [0.25, 0.3) is 0 Å². The van der Waals surface area contributed by atoms with Crippen LogP contribution in [0.15, 0.2) is 0 Å². The van der Waals surface area contributed by atoms with Crippen LogP contribution in [0.2, 0.25) is 0 Å². The minimum absolute atomic E-state index is 0.258. The van der Waals surface area contributed by atoms with Crippen molar-refractivity contribution in [2.45, 2.75) is 53.5 Å². The molecule has 0 aliphatic carbocycles. The summed E-state index contributed by atoms with van der Waals surface area (Å²) in [4.78, 5) is 2.34. The minimum Gasteiger partial charge on any atom is -0.395 e. The zero-order valence-corrected chi connectivity index (χ0v) is 12.4. The van der Waals surface area contributed by atoms with Crippen LogP contribution in [0, 0.1) is 5.41 Å². The SMILES string of the molecule is CCCC(C)(CNC(C)C)CN(CC)CCO. The van der Waals surface area contributed by atoms with E-state index in [1.165, 1.54) is 12.8 Å². The highest BCUT2D eigenvalue weighted by Crippen LogP contribution is 2.24. The Hall–Kier alpha value is -0.120. The summed E-state index contributed by atoms with van der Waals surface area (Å²) in [5.74, 6) is 0. The molecule has 0 fully saturated rings. The first-order chi connectivity index (χ1) is 7.97. The van der Waals surface area contributed by atoms with Crippen LogP contribution in [-0.4, -0.2) is 48.8 Å². The average molecular weight is 244 g/mol. The second kappa shape index (κ2) is 8.90. The summed E-state index contributed by atoms with van der Waals surface area (Å²) in [5, 5.41) is 12.6. The Balaban J connectivity index is 4.35. The van der Waals surface area contributed by atoms with Crippen molar-refractivity contribution in [1.82, 2.24) is 10.2 Å². The average Bonchev–Trinajstić information content (AvgIpc) is 2.26. The summed E-state index contributed by atoms with van der Waals surface area (Å²) in [6.45, 7) is 15.3. The van der Waals surface area contributed by atoms with Gasteiger partial charge in [-0.2, -0.15) is 0 Å². The molecule has 0 aromatic heterocycles. The molecule has 0 heterocycles. The molecule has 3 nitrogen and oxygen atoms in total. The van der Waals surface area contributed by atoms with Gasteiger partial charge < -0.3 is 15.3 Å². The number of nitrogens with zero attached hydrogens (tertiary/aromatic N) is 1. The minimum atomic E-state index is 0.258. The van der Waals surface area contributed by atoms with E-state index < -0.39 is 0 Å². The van der Waals surface area contributed by atoms with Crippen LogP contribution in [0.5, 0.6) is 0 Å². The smallest absolute Gasteiger partial charge is 0.0558 e. The molecular weight excluding hydrogens is 212 g/mol. The van der Waals surface area contributed by atoms with Crippen molar-refractivity contribution in [3.8, 4) is 0 Å². The highest BCUT2D eigenvalue weighted by molar-refractivity contribution is 4.81. The lowest BCUT2D eigenvalue weighted by molar-refractivity contribution is 0.128. The molecule has 0 aromatic rings. The van der Waals surface area contributed by atoms with Gasteiger partial charge in [0.05, 0.1) is 6.61 Å². The first-order valence-electron chi connectivity index (χ1n) is 7.04. The highest BCUT2D eigenvalue weighted by Gasteiger charge is 2.25. The van der Waals surface area contributed by atoms with E-state index in [9.17, 15) is 0 Å². The molecule has 1 unspecified atom stereocenters. The fourth-order valence-corrected chi connectivity index (χ4v) is 2.31. The molecule has 0 aromatic carbocycles. The maximum absolute atomic E-state index is 9.06. The summed E-state index contributed by atoms with van der Waals surface area (Å²) in [5.41, 5.74) is 0.310. The summed E-state index contributed by atoms with van der Waals surface area (Å²) in [7, 11) is 0. The third-order valence-electron chi connectivity index (χ3n) is 3.26. The Morgan fingerprint density at radius 3 is 2.35 bits per heavy atom. The Kier molecular flexibility index (Phi) is 8.83. The van der Waals surface area contributed by atoms with Crippen LogP contribution < -0.4 is 5.32 Å². The van der Waals surface area contributed by atoms with Gasteiger partial charge in [0.1, 0.15) is 0 Å². The van der Waals surface area contributed by atoms with Crippen molar-refractivity contribution in [2.75, 3.05) is 32.8 Å². The van der Waals surface area contributed by atoms with Crippen molar-refractivity contribution in [3.05, 3.63) is 0 Å². The highest BCUT2D eigenvalue weighted by atomic mass is 16.3. The molecule has 0 saturated heterocycles. The predicted molar refractivity (Wildman–Crippen MR) is 75.4 cm³/mol. The topological polar surface area (TPSA) is 35.5 Å². The zero-order valence-electron chi connectivity index (χ0n) is 12.4.